The molecule has 1 rings (SSSR count). The number of hydrogen-bond donors (Lipinski definition) is 1. The van der Waals surface area contributed by atoms with Crippen LogP contribution in [-0.4, -0.2) is 19.7 Å². The van der Waals surface area contributed by atoms with E-state index >= 15 is 0 Å². The van der Waals surface area contributed by atoms with E-state index in [1.54, 1.807) is 0 Å². The molecule has 0 amide bonds. The van der Waals surface area contributed by atoms with E-state index in [9.17, 15) is 8.42 Å². The Morgan fingerprint density at radius 1 is 1.33 bits per heavy atom. The highest BCUT2D eigenvalue weighted by atomic mass is 32.2. The molecule has 12 heavy (non-hydrogen) atoms. The van der Waals surface area contributed by atoms with Crippen molar-refractivity contribution < 1.29 is 8.42 Å². The molecule has 4 heteroatoms. The number of hydrogen-bond acceptors (Lipinski definition) is 2. The van der Waals surface area contributed by atoms with Crippen molar-refractivity contribution in [1.29, 1.82) is 0 Å². The highest BCUT2D eigenvalue weighted by Crippen LogP contribution is 2.17. The maximum atomic E-state index is 11.5. The molecule has 0 saturated heterocycles. The normalized spacial score (nSPS) is 19.2. The molecule has 0 saturated carbocycles. The Morgan fingerprint density at radius 3 is 2.25 bits per heavy atom. The molecule has 0 unspecified atom stereocenters. The fraction of sp³-hybridized carbons (Fsp3) is 0.750. The van der Waals surface area contributed by atoms with Crippen LogP contribution in [0.4, 0.5) is 0 Å². The van der Waals surface area contributed by atoms with Crippen molar-refractivity contribution >= 4 is 10.0 Å². The van der Waals surface area contributed by atoms with Gasteiger partial charge in [0, 0.05) is 6.04 Å². The Bertz CT molecular complexity index is 259. The van der Waals surface area contributed by atoms with Gasteiger partial charge in [0.1, 0.15) is 0 Å². The summed E-state index contributed by atoms with van der Waals surface area (Å²) in [6, 6.07) is -0.00407. The maximum Gasteiger partial charge on any atom is 0.215 e. The molecule has 0 spiro atoms. The van der Waals surface area contributed by atoms with Crippen LogP contribution in [0.25, 0.3) is 0 Å². The Hall–Kier alpha value is -0.350. The van der Waals surface area contributed by atoms with Gasteiger partial charge in [0.2, 0.25) is 10.0 Å². The average molecular weight is 189 g/mol. The molecule has 0 fully saturated rings. The van der Waals surface area contributed by atoms with Gasteiger partial charge in [-0.1, -0.05) is 12.2 Å². The molecular formula is C8H15NO2S. The molecule has 0 aromatic rings. The molecule has 0 aliphatic heterocycles. The van der Waals surface area contributed by atoms with E-state index in [1.165, 1.54) is 0 Å². The van der Waals surface area contributed by atoms with Crippen LogP contribution in [0, 0.1) is 0 Å². The molecular weight excluding hydrogens is 174 g/mol. The molecule has 0 radical (unpaired) electrons. The van der Waals surface area contributed by atoms with Crippen LogP contribution in [0.2, 0.25) is 0 Å². The Morgan fingerprint density at radius 2 is 1.83 bits per heavy atom. The first kappa shape index (κ1) is 9.74. The van der Waals surface area contributed by atoms with Gasteiger partial charge < -0.3 is 0 Å². The second-order valence-corrected chi connectivity index (χ2v) is 5.37. The molecule has 0 atom stereocenters. The maximum absolute atomic E-state index is 11.5. The predicted octanol–water partition coefficient (Wildman–Crippen LogP) is 1.03. The fourth-order valence-electron chi connectivity index (χ4n) is 1.27. The molecule has 0 aromatic carbocycles. The third kappa shape index (κ3) is 2.32. The summed E-state index contributed by atoms with van der Waals surface area (Å²) in [5, 5.41) is -0.236. The zero-order chi connectivity index (χ0) is 9.19. The molecule has 1 aliphatic carbocycles. The zero-order valence-corrected chi connectivity index (χ0v) is 8.26. The molecule has 0 heterocycles. The van der Waals surface area contributed by atoms with Crippen LogP contribution in [0.15, 0.2) is 12.2 Å². The highest BCUT2D eigenvalue weighted by molar-refractivity contribution is 7.90. The van der Waals surface area contributed by atoms with E-state index in [1.807, 2.05) is 26.0 Å². The summed E-state index contributed by atoms with van der Waals surface area (Å²) in [6.45, 7) is 3.67. The summed E-state index contributed by atoms with van der Waals surface area (Å²) < 4.78 is 25.6. The second kappa shape index (κ2) is 3.58. The molecule has 0 aromatic heterocycles. The van der Waals surface area contributed by atoms with Gasteiger partial charge in [0.05, 0.1) is 5.25 Å². The quantitative estimate of drug-likeness (QED) is 0.674. The van der Waals surface area contributed by atoms with Crippen molar-refractivity contribution in [2.24, 2.45) is 0 Å². The molecule has 3 nitrogen and oxygen atoms in total. The van der Waals surface area contributed by atoms with Crippen LogP contribution < -0.4 is 4.72 Å². The SMILES string of the molecule is CC(C)NS(=O)(=O)C1CC=CC1. The summed E-state index contributed by atoms with van der Waals surface area (Å²) in [5.74, 6) is 0. The lowest BCUT2D eigenvalue weighted by Crippen LogP contribution is -2.37. The minimum Gasteiger partial charge on any atom is -0.212 e. The van der Waals surface area contributed by atoms with E-state index in [4.69, 9.17) is 0 Å². The number of nitrogens with one attached hydrogen (secondary N) is 1. The highest BCUT2D eigenvalue weighted by Gasteiger charge is 2.25. The van der Waals surface area contributed by atoms with Gasteiger partial charge in [-0.05, 0) is 26.7 Å². The lowest BCUT2D eigenvalue weighted by atomic mass is 10.4. The third-order valence-corrected chi connectivity index (χ3v) is 3.87. The monoisotopic (exact) mass is 189 g/mol. The first-order chi connectivity index (χ1) is 5.52. The van der Waals surface area contributed by atoms with E-state index in [2.05, 4.69) is 4.72 Å². The van der Waals surface area contributed by atoms with Crippen LogP contribution in [0.3, 0.4) is 0 Å². The number of rotatable bonds is 3. The molecule has 70 valence electrons. The van der Waals surface area contributed by atoms with Crippen molar-refractivity contribution in [3.63, 3.8) is 0 Å². The summed E-state index contributed by atoms with van der Waals surface area (Å²) in [6.07, 6.45) is 5.15. The van der Waals surface area contributed by atoms with Crippen LogP contribution in [-0.2, 0) is 10.0 Å². The van der Waals surface area contributed by atoms with Gasteiger partial charge in [-0.15, -0.1) is 0 Å². The van der Waals surface area contributed by atoms with Gasteiger partial charge in [0.25, 0.3) is 0 Å². The lowest BCUT2D eigenvalue weighted by Gasteiger charge is -2.14. The van der Waals surface area contributed by atoms with Crippen molar-refractivity contribution in [2.75, 3.05) is 0 Å². The molecule has 1 N–H and O–H groups in total. The Labute approximate surface area is 73.9 Å². The smallest absolute Gasteiger partial charge is 0.212 e. The predicted molar refractivity (Wildman–Crippen MR) is 49.4 cm³/mol. The average Bonchev–Trinajstić information content (AvgIpc) is 2.32. The number of allylic oxidation sites excluding steroid dienone is 2. The largest absolute Gasteiger partial charge is 0.215 e. The van der Waals surface area contributed by atoms with Crippen molar-refractivity contribution in [3.8, 4) is 0 Å². The van der Waals surface area contributed by atoms with Crippen molar-refractivity contribution in [3.05, 3.63) is 12.2 Å². The minimum absolute atomic E-state index is 0.00407. The zero-order valence-electron chi connectivity index (χ0n) is 7.45. The first-order valence-corrected chi connectivity index (χ1v) is 5.73. The van der Waals surface area contributed by atoms with Crippen LogP contribution in [0.1, 0.15) is 26.7 Å². The second-order valence-electron chi connectivity index (χ2n) is 3.38. The minimum atomic E-state index is -3.07. The van der Waals surface area contributed by atoms with Gasteiger partial charge >= 0.3 is 0 Å². The Kier molecular flexibility index (Phi) is 2.90. The summed E-state index contributed by atoms with van der Waals surface area (Å²) >= 11 is 0. The number of sulfonamides is 1. The lowest BCUT2D eigenvalue weighted by molar-refractivity contribution is 0.555. The fourth-order valence-corrected chi connectivity index (χ4v) is 2.85. The van der Waals surface area contributed by atoms with E-state index in [0.717, 1.165) is 0 Å². The summed E-state index contributed by atoms with van der Waals surface area (Å²) in [4.78, 5) is 0. The summed E-state index contributed by atoms with van der Waals surface area (Å²) in [7, 11) is -3.07. The standard InChI is InChI=1S/C8H15NO2S/c1-7(2)9-12(10,11)8-5-3-4-6-8/h3-4,7-9H,5-6H2,1-2H3. The van der Waals surface area contributed by atoms with Crippen molar-refractivity contribution in [2.45, 2.75) is 38.0 Å². The van der Waals surface area contributed by atoms with Gasteiger partial charge in [0.15, 0.2) is 0 Å². The summed E-state index contributed by atoms with van der Waals surface area (Å²) in [5.41, 5.74) is 0. The molecule has 1 aliphatic rings. The van der Waals surface area contributed by atoms with Crippen LogP contribution in [0.5, 0.6) is 0 Å². The van der Waals surface area contributed by atoms with Crippen LogP contribution >= 0.6 is 0 Å². The van der Waals surface area contributed by atoms with E-state index < -0.39 is 10.0 Å². The van der Waals surface area contributed by atoms with Gasteiger partial charge in [-0.3, -0.25) is 0 Å². The Balaban J connectivity index is 2.60. The third-order valence-electron chi connectivity index (χ3n) is 1.80. The molecule has 0 bridgehead atoms. The first-order valence-electron chi connectivity index (χ1n) is 4.18. The van der Waals surface area contributed by atoms with Gasteiger partial charge in [-0.25, -0.2) is 13.1 Å². The van der Waals surface area contributed by atoms with Gasteiger partial charge in [-0.2, -0.15) is 0 Å². The topological polar surface area (TPSA) is 46.2 Å². The van der Waals surface area contributed by atoms with Crippen molar-refractivity contribution in [1.82, 2.24) is 4.72 Å². The van der Waals surface area contributed by atoms with E-state index in [-0.39, 0.29) is 11.3 Å². The van der Waals surface area contributed by atoms with E-state index in [0.29, 0.717) is 12.8 Å².